The fourth-order valence-corrected chi connectivity index (χ4v) is 6.50. The number of aryl methyl sites for hydroxylation is 2. The summed E-state index contributed by atoms with van der Waals surface area (Å²) in [6.07, 6.45) is 6.54. The molecule has 39 heavy (non-hydrogen) atoms. The molecule has 0 radical (unpaired) electrons. The van der Waals surface area contributed by atoms with E-state index in [1.807, 2.05) is 13.0 Å². The van der Waals surface area contributed by atoms with E-state index in [0.717, 1.165) is 53.8 Å². The summed E-state index contributed by atoms with van der Waals surface area (Å²) < 4.78 is 15.3. The number of nitrogens with zero attached hydrogens (tertiary/aromatic N) is 6. The molecule has 0 unspecified atom stereocenters. The number of hydrogen-bond donors (Lipinski definition) is 1. The second kappa shape index (κ2) is 11.0. The highest BCUT2D eigenvalue weighted by Crippen LogP contribution is 2.31. The fraction of sp³-hybridized carbons (Fsp3) is 0.467. The summed E-state index contributed by atoms with van der Waals surface area (Å²) >= 11 is 0. The lowest BCUT2D eigenvalue weighted by Gasteiger charge is -2.43. The van der Waals surface area contributed by atoms with E-state index < -0.39 is 6.04 Å². The molecule has 2 aromatic heterocycles. The second-order valence-electron chi connectivity index (χ2n) is 11.2. The van der Waals surface area contributed by atoms with Gasteiger partial charge in [0, 0.05) is 37.8 Å². The summed E-state index contributed by atoms with van der Waals surface area (Å²) in [5, 5.41) is 13.8. The van der Waals surface area contributed by atoms with Crippen molar-refractivity contribution in [1.82, 2.24) is 35.0 Å². The molecule has 1 aliphatic carbocycles. The highest BCUT2D eigenvalue weighted by atomic mass is 19.1. The smallest absolute Gasteiger partial charge is 0.253 e. The lowest BCUT2D eigenvalue weighted by Crippen LogP contribution is -2.52. The van der Waals surface area contributed by atoms with Crippen LogP contribution in [-0.4, -0.2) is 67.2 Å². The Morgan fingerprint density at radius 1 is 1.00 bits per heavy atom. The van der Waals surface area contributed by atoms with Crippen LogP contribution in [0.5, 0.6) is 0 Å². The van der Waals surface area contributed by atoms with Crippen LogP contribution >= 0.6 is 0 Å². The number of rotatable bonds is 6. The molecular formula is C30H36FN7O. The number of aromatic nitrogens is 5. The molecule has 1 saturated carbocycles. The lowest BCUT2D eigenvalue weighted by molar-refractivity contribution is 0.0618. The van der Waals surface area contributed by atoms with Crippen LogP contribution in [0.4, 0.5) is 4.39 Å². The molecule has 2 aromatic carbocycles. The molecule has 204 valence electrons. The van der Waals surface area contributed by atoms with Crippen LogP contribution in [-0.2, 0) is 6.54 Å². The van der Waals surface area contributed by atoms with Gasteiger partial charge in [-0.25, -0.2) is 9.07 Å². The number of benzene rings is 2. The summed E-state index contributed by atoms with van der Waals surface area (Å²) in [6, 6.07) is 12.9. The van der Waals surface area contributed by atoms with E-state index in [1.54, 1.807) is 16.8 Å². The van der Waals surface area contributed by atoms with Gasteiger partial charge in [-0.2, -0.15) is 0 Å². The number of aromatic amines is 1. The summed E-state index contributed by atoms with van der Waals surface area (Å²) in [6.45, 7) is 8.07. The molecule has 0 bridgehead atoms. The minimum absolute atomic E-state index is 0.120. The maximum absolute atomic E-state index is 13.7. The molecule has 0 amide bonds. The highest BCUT2D eigenvalue weighted by Gasteiger charge is 2.34. The van der Waals surface area contributed by atoms with Crippen LogP contribution in [0.1, 0.15) is 66.2 Å². The Bertz CT molecular complexity index is 1500. The zero-order chi connectivity index (χ0) is 26.9. The molecule has 0 spiro atoms. The summed E-state index contributed by atoms with van der Waals surface area (Å²) in [4.78, 5) is 21.8. The molecule has 4 aromatic rings. The number of tetrazole rings is 1. The molecule has 2 aliphatic rings. The summed E-state index contributed by atoms with van der Waals surface area (Å²) in [5.41, 5.74) is 4.48. The zero-order valence-electron chi connectivity index (χ0n) is 22.7. The number of nitrogens with one attached hydrogen (secondary N) is 1. The Morgan fingerprint density at radius 2 is 1.74 bits per heavy atom. The first-order valence-corrected chi connectivity index (χ1v) is 14.1. The van der Waals surface area contributed by atoms with Crippen LogP contribution in [0.15, 0.2) is 47.3 Å². The SMILES string of the molecule is Cc1cc(C)c2[nH]c(=O)c([C@@H](c3nnnn3Cc3ccc(F)cc3)N3CCN(C4CCCCC4)CC3)cc2c1. The average molecular weight is 530 g/mol. The van der Waals surface area contributed by atoms with Gasteiger partial charge in [0.1, 0.15) is 11.9 Å². The van der Waals surface area contributed by atoms with Crippen molar-refractivity contribution in [3.05, 3.63) is 86.7 Å². The van der Waals surface area contributed by atoms with Gasteiger partial charge >= 0.3 is 0 Å². The topological polar surface area (TPSA) is 82.9 Å². The molecule has 2 fully saturated rings. The molecule has 1 atom stereocenters. The molecule has 1 saturated heterocycles. The van der Waals surface area contributed by atoms with E-state index in [-0.39, 0.29) is 11.4 Å². The Labute approximate surface area is 227 Å². The minimum atomic E-state index is -0.400. The largest absolute Gasteiger partial charge is 0.321 e. The molecule has 9 heteroatoms. The highest BCUT2D eigenvalue weighted by molar-refractivity contribution is 5.83. The van der Waals surface area contributed by atoms with Gasteiger partial charge in [-0.3, -0.25) is 14.6 Å². The van der Waals surface area contributed by atoms with E-state index in [2.05, 4.69) is 49.4 Å². The van der Waals surface area contributed by atoms with Gasteiger partial charge in [-0.15, -0.1) is 5.10 Å². The minimum Gasteiger partial charge on any atom is -0.321 e. The zero-order valence-corrected chi connectivity index (χ0v) is 22.7. The van der Waals surface area contributed by atoms with E-state index in [0.29, 0.717) is 24.0 Å². The van der Waals surface area contributed by atoms with Gasteiger partial charge in [-0.1, -0.05) is 43.0 Å². The van der Waals surface area contributed by atoms with E-state index in [9.17, 15) is 9.18 Å². The molecular weight excluding hydrogens is 493 g/mol. The molecule has 1 aliphatic heterocycles. The van der Waals surface area contributed by atoms with Gasteiger partial charge in [-0.05, 0) is 77.9 Å². The van der Waals surface area contributed by atoms with E-state index in [1.165, 1.54) is 44.2 Å². The summed E-state index contributed by atoms with van der Waals surface area (Å²) in [5.74, 6) is 0.345. The molecule has 1 N–H and O–H groups in total. The number of piperazine rings is 1. The van der Waals surface area contributed by atoms with Gasteiger partial charge < -0.3 is 4.98 Å². The fourth-order valence-electron chi connectivity index (χ4n) is 6.50. The molecule has 6 rings (SSSR count). The quantitative estimate of drug-likeness (QED) is 0.400. The Hall–Kier alpha value is -3.43. The van der Waals surface area contributed by atoms with Crippen LogP contribution in [0, 0.1) is 19.7 Å². The standard InChI is InChI=1S/C30H36FN7O/c1-20-16-21(2)27-23(17-20)18-26(30(39)32-27)28(37-14-12-36(13-15-37)25-6-4-3-5-7-25)29-33-34-35-38(29)19-22-8-10-24(31)11-9-22/h8-11,16-18,25,28H,3-7,12-15,19H2,1-2H3,(H,32,39)/t28-/m0/s1. The van der Waals surface area contributed by atoms with Crippen molar-refractivity contribution in [3.63, 3.8) is 0 Å². The maximum atomic E-state index is 13.7. The Morgan fingerprint density at radius 3 is 2.49 bits per heavy atom. The van der Waals surface area contributed by atoms with E-state index in [4.69, 9.17) is 0 Å². The van der Waals surface area contributed by atoms with Crippen molar-refractivity contribution < 1.29 is 4.39 Å². The first-order chi connectivity index (χ1) is 19.0. The summed E-state index contributed by atoms with van der Waals surface area (Å²) in [7, 11) is 0. The van der Waals surface area contributed by atoms with Crippen molar-refractivity contribution in [2.45, 2.75) is 64.6 Å². The molecule has 3 heterocycles. The predicted octanol–water partition coefficient (Wildman–Crippen LogP) is 4.36. The van der Waals surface area contributed by atoms with Crippen molar-refractivity contribution in [1.29, 1.82) is 0 Å². The van der Waals surface area contributed by atoms with Crippen LogP contribution < -0.4 is 5.56 Å². The van der Waals surface area contributed by atoms with Crippen molar-refractivity contribution in [3.8, 4) is 0 Å². The number of halogens is 1. The normalized spacial score (nSPS) is 18.5. The monoisotopic (exact) mass is 529 g/mol. The van der Waals surface area contributed by atoms with Gasteiger partial charge in [0.05, 0.1) is 12.1 Å². The Kier molecular flexibility index (Phi) is 7.27. The van der Waals surface area contributed by atoms with Crippen LogP contribution in [0.2, 0.25) is 0 Å². The van der Waals surface area contributed by atoms with Crippen molar-refractivity contribution in [2.24, 2.45) is 0 Å². The third-order valence-corrected chi connectivity index (χ3v) is 8.47. The third-order valence-electron chi connectivity index (χ3n) is 8.47. The first kappa shape index (κ1) is 25.8. The van der Waals surface area contributed by atoms with E-state index >= 15 is 0 Å². The number of hydrogen-bond acceptors (Lipinski definition) is 6. The van der Waals surface area contributed by atoms with Crippen molar-refractivity contribution in [2.75, 3.05) is 26.2 Å². The lowest BCUT2D eigenvalue weighted by atomic mass is 9.93. The molecule has 8 nitrogen and oxygen atoms in total. The van der Waals surface area contributed by atoms with Gasteiger partial charge in [0.25, 0.3) is 5.56 Å². The van der Waals surface area contributed by atoms with Crippen LogP contribution in [0.3, 0.4) is 0 Å². The van der Waals surface area contributed by atoms with Crippen LogP contribution in [0.25, 0.3) is 10.9 Å². The van der Waals surface area contributed by atoms with Gasteiger partial charge in [0.2, 0.25) is 0 Å². The number of pyridine rings is 1. The predicted molar refractivity (Wildman–Crippen MR) is 149 cm³/mol. The average Bonchev–Trinajstić information content (AvgIpc) is 3.39. The Balaban J connectivity index is 1.38. The number of H-pyrrole nitrogens is 1. The third kappa shape index (κ3) is 5.38. The number of fused-ring (bicyclic) bond motifs is 1. The maximum Gasteiger partial charge on any atom is 0.253 e. The van der Waals surface area contributed by atoms with Crippen molar-refractivity contribution >= 4 is 10.9 Å². The second-order valence-corrected chi connectivity index (χ2v) is 11.2. The first-order valence-electron chi connectivity index (χ1n) is 14.1. The van der Waals surface area contributed by atoms with Gasteiger partial charge in [0.15, 0.2) is 5.82 Å².